The van der Waals surface area contributed by atoms with Gasteiger partial charge in [-0.05, 0) is 56.0 Å². The van der Waals surface area contributed by atoms with E-state index in [2.05, 4.69) is 22.0 Å². The molecule has 2 atom stereocenters. The molecule has 1 aliphatic rings. The molecule has 1 aliphatic carbocycles. The first-order chi connectivity index (χ1) is 17.4. The van der Waals surface area contributed by atoms with Crippen LogP contribution >= 0.6 is 0 Å². The van der Waals surface area contributed by atoms with Crippen LogP contribution in [0.5, 0.6) is 5.75 Å². The second-order valence-corrected chi connectivity index (χ2v) is 8.06. The molecule has 1 N–H and O–H groups in total. The highest BCUT2D eigenvalue weighted by Crippen LogP contribution is 2.54. The molecule has 1 unspecified atom stereocenters. The molecule has 0 spiro atoms. The molecule has 0 aliphatic heterocycles. The van der Waals surface area contributed by atoms with Crippen LogP contribution < -0.4 is 10.1 Å². The maximum absolute atomic E-state index is 14.0. The lowest BCUT2D eigenvalue weighted by molar-refractivity contribution is -0.109. The monoisotopic (exact) mass is 501 g/mol. The first kappa shape index (κ1) is 28.6. The number of rotatable bonds is 12. The maximum Gasteiger partial charge on any atom is 0.160 e. The molecule has 2 aromatic carbocycles. The molecule has 3 rings (SSSR count). The number of carbonyl (C=O) groups is 1. The molecule has 9 heteroatoms. The van der Waals surface area contributed by atoms with E-state index in [4.69, 9.17) is 14.2 Å². The zero-order valence-electron chi connectivity index (χ0n) is 21.1. The molecule has 36 heavy (non-hydrogen) atoms. The van der Waals surface area contributed by atoms with Crippen molar-refractivity contribution in [2.24, 2.45) is 15.9 Å². The first-order valence-electron chi connectivity index (χ1n) is 11.4. The average molecular weight is 502 g/mol. The van der Waals surface area contributed by atoms with Gasteiger partial charge in [0.2, 0.25) is 0 Å². The number of aldehydes is 1. The number of ether oxygens (including phenoxy) is 3. The molecule has 0 radical (unpaired) electrons. The number of hydrogen-bond donors (Lipinski definition) is 1. The SMILES string of the molecule is C=N/C(COC)=C(\C=NCC)OC[C@@]1(c2cc(F)cc(OC)c2)CC1C=O.CNc1cccc(F)c1. The summed E-state index contributed by atoms with van der Waals surface area (Å²) in [6, 6.07) is 10.8. The van der Waals surface area contributed by atoms with Crippen LogP contribution in [0.2, 0.25) is 0 Å². The molecule has 194 valence electrons. The maximum atomic E-state index is 14.0. The molecule has 0 heterocycles. The van der Waals surface area contributed by atoms with Crippen LogP contribution in [-0.2, 0) is 19.7 Å². The second kappa shape index (κ2) is 14.1. The lowest BCUT2D eigenvalue weighted by Crippen LogP contribution is -2.20. The van der Waals surface area contributed by atoms with Crippen LogP contribution in [0.4, 0.5) is 14.5 Å². The summed E-state index contributed by atoms with van der Waals surface area (Å²) in [6.07, 6.45) is 3.02. The summed E-state index contributed by atoms with van der Waals surface area (Å²) < 4.78 is 42.5. The van der Waals surface area contributed by atoms with E-state index < -0.39 is 11.2 Å². The predicted molar refractivity (Wildman–Crippen MR) is 138 cm³/mol. The van der Waals surface area contributed by atoms with Crippen molar-refractivity contribution in [1.29, 1.82) is 0 Å². The van der Waals surface area contributed by atoms with Crippen LogP contribution in [-0.4, -0.2) is 60.2 Å². The number of nitrogens with one attached hydrogen (secondary N) is 1. The van der Waals surface area contributed by atoms with Gasteiger partial charge in [0, 0.05) is 43.8 Å². The third-order valence-electron chi connectivity index (χ3n) is 5.73. The van der Waals surface area contributed by atoms with Crippen molar-refractivity contribution in [3.63, 3.8) is 0 Å². The second-order valence-electron chi connectivity index (χ2n) is 8.06. The minimum absolute atomic E-state index is 0.177. The fourth-order valence-electron chi connectivity index (χ4n) is 3.61. The summed E-state index contributed by atoms with van der Waals surface area (Å²) in [5, 5.41) is 2.83. The summed E-state index contributed by atoms with van der Waals surface area (Å²) in [6.45, 7) is 6.41. The van der Waals surface area contributed by atoms with Crippen molar-refractivity contribution in [3.05, 3.63) is 71.1 Å². The van der Waals surface area contributed by atoms with E-state index in [1.807, 2.05) is 13.0 Å². The Hall–Kier alpha value is -3.59. The van der Waals surface area contributed by atoms with Gasteiger partial charge in [-0.1, -0.05) is 6.07 Å². The minimum Gasteiger partial charge on any atom is -0.497 e. The number of aliphatic imine (C=N–C) groups is 2. The topological polar surface area (TPSA) is 81.5 Å². The minimum atomic E-state index is -0.609. The summed E-state index contributed by atoms with van der Waals surface area (Å²) in [7, 11) is 4.78. The summed E-state index contributed by atoms with van der Waals surface area (Å²) in [5.41, 5.74) is 1.37. The molecule has 1 fully saturated rings. The highest BCUT2D eigenvalue weighted by atomic mass is 19.1. The Balaban J connectivity index is 0.000000425. The highest BCUT2D eigenvalue weighted by molar-refractivity contribution is 5.77. The number of halogens is 2. The Morgan fingerprint density at radius 2 is 2.00 bits per heavy atom. The average Bonchev–Trinajstić information content (AvgIpc) is 3.62. The van der Waals surface area contributed by atoms with Crippen LogP contribution in [0.1, 0.15) is 18.9 Å². The molecule has 2 aromatic rings. The molecule has 0 aromatic heterocycles. The van der Waals surface area contributed by atoms with E-state index in [1.165, 1.54) is 31.4 Å². The van der Waals surface area contributed by atoms with Gasteiger partial charge < -0.3 is 24.3 Å². The van der Waals surface area contributed by atoms with E-state index in [9.17, 15) is 13.6 Å². The number of carbonyl (C=O) groups excluding carboxylic acids is 1. The Morgan fingerprint density at radius 3 is 2.53 bits per heavy atom. The summed E-state index contributed by atoms with van der Waals surface area (Å²) >= 11 is 0. The van der Waals surface area contributed by atoms with Gasteiger partial charge in [-0.25, -0.2) is 8.78 Å². The van der Waals surface area contributed by atoms with E-state index in [0.717, 1.165) is 12.0 Å². The van der Waals surface area contributed by atoms with Gasteiger partial charge in [0.1, 0.15) is 29.4 Å². The van der Waals surface area contributed by atoms with Crippen molar-refractivity contribution < 1.29 is 27.8 Å². The van der Waals surface area contributed by atoms with Crippen LogP contribution in [0.15, 0.2) is 63.9 Å². The van der Waals surface area contributed by atoms with Gasteiger partial charge in [-0.3, -0.25) is 9.98 Å². The summed E-state index contributed by atoms with van der Waals surface area (Å²) in [4.78, 5) is 19.6. The van der Waals surface area contributed by atoms with Crippen molar-refractivity contribution in [2.75, 3.05) is 46.3 Å². The Kier molecular flexibility index (Phi) is 11.2. The number of nitrogens with zero attached hydrogens (tertiary/aromatic N) is 2. The van der Waals surface area contributed by atoms with Gasteiger partial charge in [-0.15, -0.1) is 0 Å². The third-order valence-corrected chi connectivity index (χ3v) is 5.73. The van der Waals surface area contributed by atoms with E-state index >= 15 is 0 Å². The smallest absolute Gasteiger partial charge is 0.160 e. The fraction of sp³-hybridized carbons (Fsp3) is 0.370. The largest absolute Gasteiger partial charge is 0.497 e. The fourth-order valence-corrected chi connectivity index (χ4v) is 3.61. The lowest BCUT2D eigenvalue weighted by atomic mass is 9.94. The van der Waals surface area contributed by atoms with Crippen molar-refractivity contribution in [1.82, 2.24) is 0 Å². The molecule has 0 bridgehead atoms. The third kappa shape index (κ3) is 7.71. The zero-order valence-corrected chi connectivity index (χ0v) is 21.1. The lowest BCUT2D eigenvalue weighted by Gasteiger charge is -2.20. The van der Waals surface area contributed by atoms with Gasteiger partial charge in [0.15, 0.2) is 5.76 Å². The van der Waals surface area contributed by atoms with Gasteiger partial charge >= 0.3 is 0 Å². The summed E-state index contributed by atoms with van der Waals surface area (Å²) in [5.74, 6) is -0.0562. The van der Waals surface area contributed by atoms with Crippen molar-refractivity contribution in [2.45, 2.75) is 18.8 Å². The standard InChI is InChI=1S/C20H25FN2O4.C7H8FN/c1-5-23-10-19(18(22-2)12-25-3)27-13-20(9-15(20)11-24)14-6-16(21)8-17(7-14)26-4;1-9-7-4-2-3-6(8)5-7/h6-8,10-11,15H,2,5,9,12-13H2,1,3-4H3;2-5,9H,1H3/b19-18+,23-10?;/t15?,20-;/m1./s1. The van der Waals surface area contributed by atoms with Crippen molar-refractivity contribution in [3.8, 4) is 5.75 Å². The van der Waals surface area contributed by atoms with Crippen LogP contribution in [0.25, 0.3) is 0 Å². The van der Waals surface area contributed by atoms with E-state index in [-0.39, 0.29) is 24.9 Å². The number of anilines is 1. The quantitative estimate of drug-likeness (QED) is 0.256. The predicted octanol–water partition coefficient (Wildman–Crippen LogP) is 4.82. The number of methoxy groups -OCH3 is 2. The Labute approximate surface area is 210 Å². The van der Waals surface area contributed by atoms with Crippen LogP contribution in [0, 0.1) is 17.6 Å². The molecular formula is C27H33F2N3O4. The zero-order chi connectivity index (χ0) is 26.6. The molecule has 1 saturated carbocycles. The molecule has 0 amide bonds. The number of hydrogen-bond acceptors (Lipinski definition) is 7. The Morgan fingerprint density at radius 1 is 1.22 bits per heavy atom. The Bertz CT molecular complexity index is 1090. The van der Waals surface area contributed by atoms with Crippen LogP contribution in [0.3, 0.4) is 0 Å². The number of benzene rings is 2. The van der Waals surface area contributed by atoms with E-state index in [0.29, 0.717) is 35.7 Å². The molecule has 7 nitrogen and oxygen atoms in total. The number of allylic oxidation sites excluding steroid dienone is 1. The molecular weight excluding hydrogens is 468 g/mol. The van der Waals surface area contributed by atoms with Gasteiger partial charge in [0.05, 0.1) is 26.5 Å². The normalized spacial score (nSPS) is 19.0. The van der Waals surface area contributed by atoms with E-state index in [1.54, 1.807) is 32.5 Å². The molecule has 0 saturated heterocycles. The highest BCUT2D eigenvalue weighted by Gasteiger charge is 2.56. The van der Waals surface area contributed by atoms with Crippen molar-refractivity contribution >= 4 is 24.9 Å². The van der Waals surface area contributed by atoms with Gasteiger partial charge in [-0.2, -0.15) is 0 Å². The van der Waals surface area contributed by atoms with Gasteiger partial charge in [0.25, 0.3) is 0 Å². The first-order valence-corrected chi connectivity index (χ1v) is 11.4.